The van der Waals surface area contributed by atoms with Crippen LogP contribution in [-0.2, 0) is 5.54 Å². The van der Waals surface area contributed by atoms with E-state index in [1.165, 1.54) is 12.3 Å². The molecular weight excluding hydrogens is 328 g/mol. The van der Waals surface area contributed by atoms with Crippen LogP contribution in [0, 0.1) is 0 Å². The minimum absolute atomic E-state index is 0.00701. The fraction of sp³-hybridized carbons (Fsp3) is 0.333. The van der Waals surface area contributed by atoms with Crippen LogP contribution in [0.25, 0.3) is 0 Å². The number of hydrogen-bond donors (Lipinski definition) is 2. The molecule has 2 N–H and O–H groups in total. The van der Waals surface area contributed by atoms with Gasteiger partial charge in [-0.05, 0) is 36.6 Å². The molecule has 6 heteroatoms. The Morgan fingerprint density at radius 1 is 1.25 bits per heavy atom. The van der Waals surface area contributed by atoms with Gasteiger partial charge in [-0.15, -0.1) is 0 Å². The van der Waals surface area contributed by atoms with Crippen LogP contribution in [0.3, 0.4) is 0 Å². The van der Waals surface area contributed by atoms with E-state index in [1.54, 1.807) is 7.11 Å². The van der Waals surface area contributed by atoms with Crippen molar-refractivity contribution in [1.82, 2.24) is 10.3 Å². The highest BCUT2D eigenvalue weighted by Crippen LogP contribution is 2.39. The standard InChI is InChI=1S/C18H19ClN2O3/c1-24-14-6-4-13(5-7-14)18(8-2-3-9-18)21-16(22)12-10-15(19)17(23)20-11-12/h4-7,10-11H,2-3,8-9H2,1H3,(H,20,23)(H,21,22). The van der Waals surface area contributed by atoms with Crippen molar-refractivity contribution in [3.63, 3.8) is 0 Å². The third kappa shape index (κ3) is 3.17. The first-order valence-electron chi connectivity index (χ1n) is 7.89. The molecule has 1 aliphatic rings. The fourth-order valence-electron chi connectivity index (χ4n) is 3.25. The van der Waals surface area contributed by atoms with Gasteiger partial charge in [-0.25, -0.2) is 0 Å². The van der Waals surface area contributed by atoms with Crippen molar-refractivity contribution in [2.75, 3.05) is 7.11 Å². The summed E-state index contributed by atoms with van der Waals surface area (Å²) in [6, 6.07) is 9.18. The quantitative estimate of drug-likeness (QED) is 0.892. The summed E-state index contributed by atoms with van der Waals surface area (Å²) in [5, 5.41) is 3.16. The topological polar surface area (TPSA) is 71.2 Å². The molecule has 0 bridgehead atoms. The van der Waals surface area contributed by atoms with E-state index in [0.717, 1.165) is 37.0 Å². The lowest BCUT2D eigenvalue weighted by molar-refractivity contribution is 0.0898. The van der Waals surface area contributed by atoms with Gasteiger partial charge in [0.05, 0.1) is 18.2 Å². The molecule has 3 rings (SSSR count). The predicted molar refractivity (Wildman–Crippen MR) is 92.7 cm³/mol. The molecule has 1 amide bonds. The molecule has 5 nitrogen and oxygen atoms in total. The number of carbonyl (C=O) groups is 1. The van der Waals surface area contributed by atoms with Gasteiger partial charge in [0.1, 0.15) is 10.8 Å². The molecule has 0 radical (unpaired) electrons. The van der Waals surface area contributed by atoms with Crippen LogP contribution in [0.2, 0.25) is 5.02 Å². The highest BCUT2D eigenvalue weighted by atomic mass is 35.5. The van der Waals surface area contributed by atoms with Crippen LogP contribution in [0.5, 0.6) is 5.75 Å². The van der Waals surface area contributed by atoms with Crippen molar-refractivity contribution in [2.45, 2.75) is 31.2 Å². The van der Waals surface area contributed by atoms with Gasteiger partial charge in [0.25, 0.3) is 11.5 Å². The highest BCUT2D eigenvalue weighted by molar-refractivity contribution is 6.30. The van der Waals surface area contributed by atoms with Crippen LogP contribution in [0.4, 0.5) is 0 Å². The first kappa shape index (κ1) is 16.6. The Hall–Kier alpha value is -2.27. The number of ether oxygens (including phenoxy) is 1. The largest absolute Gasteiger partial charge is 0.497 e. The third-order valence-electron chi connectivity index (χ3n) is 4.57. The third-order valence-corrected chi connectivity index (χ3v) is 4.85. The zero-order valence-electron chi connectivity index (χ0n) is 13.4. The van der Waals surface area contributed by atoms with Gasteiger partial charge in [-0.3, -0.25) is 9.59 Å². The molecule has 0 spiro atoms. The second-order valence-electron chi connectivity index (χ2n) is 6.04. The van der Waals surface area contributed by atoms with Crippen LogP contribution in [0.15, 0.2) is 41.3 Å². The Bertz CT molecular complexity index is 793. The predicted octanol–water partition coefficient (Wildman–Crippen LogP) is 3.24. The average Bonchev–Trinajstić information content (AvgIpc) is 3.07. The maximum atomic E-state index is 12.6. The number of pyridine rings is 1. The Kier molecular flexibility index (Phi) is 4.62. The number of aromatic nitrogens is 1. The number of aromatic amines is 1. The van der Waals surface area contributed by atoms with E-state index >= 15 is 0 Å². The molecule has 0 unspecified atom stereocenters. The number of nitrogens with one attached hydrogen (secondary N) is 2. The minimum Gasteiger partial charge on any atom is -0.497 e. The average molecular weight is 347 g/mol. The van der Waals surface area contributed by atoms with E-state index in [4.69, 9.17) is 16.3 Å². The van der Waals surface area contributed by atoms with Gasteiger partial charge in [0.2, 0.25) is 0 Å². The van der Waals surface area contributed by atoms with E-state index in [2.05, 4.69) is 10.3 Å². The van der Waals surface area contributed by atoms with E-state index in [1.807, 2.05) is 24.3 Å². The van der Waals surface area contributed by atoms with E-state index in [9.17, 15) is 9.59 Å². The zero-order valence-corrected chi connectivity index (χ0v) is 14.2. The van der Waals surface area contributed by atoms with Gasteiger partial charge >= 0.3 is 0 Å². The summed E-state index contributed by atoms with van der Waals surface area (Å²) in [6.45, 7) is 0. The molecule has 0 aliphatic heterocycles. The first-order valence-corrected chi connectivity index (χ1v) is 8.27. The van der Waals surface area contributed by atoms with Gasteiger partial charge in [-0.2, -0.15) is 0 Å². The normalized spacial score (nSPS) is 15.9. The Balaban J connectivity index is 1.88. The highest BCUT2D eigenvalue weighted by Gasteiger charge is 2.37. The van der Waals surface area contributed by atoms with Crippen molar-refractivity contribution in [1.29, 1.82) is 0 Å². The summed E-state index contributed by atoms with van der Waals surface area (Å²) in [5.41, 5.74) is 0.606. The first-order chi connectivity index (χ1) is 11.5. The second kappa shape index (κ2) is 6.69. The number of rotatable bonds is 4. The fourth-order valence-corrected chi connectivity index (χ4v) is 3.42. The smallest absolute Gasteiger partial charge is 0.266 e. The second-order valence-corrected chi connectivity index (χ2v) is 6.44. The molecule has 0 atom stereocenters. The van der Waals surface area contributed by atoms with Gasteiger partial charge < -0.3 is 15.0 Å². The maximum Gasteiger partial charge on any atom is 0.266 e. The van der Waals surface area contributed by atoms with Gasteiger partial charge in [-0.1, -0.05) is 36.6 Å². The summed E-state index contributed by atoms with van der Waals surface area (Å²) < 4.78 is 5.20. The van der Waals surface area contributed by atoms with Crippen molar-refractivity contribution in [2.24, 2.45) is 0 Å². The van der Waals surface area contributed by atoms with Crippen LogP contribution < -0.4 is 15.6 Å². The lowest BCUT2D eigenvalue weighted by atomic mass is 9.87. The molecule has 1 saturated carbocycles. The molecule has 0 saturated heterocycles. The van der Waals surface area contributed by atoms with Crippen LogP contribution >= 0.6 is 11.6 Å². The lowest BCUT2D eigenvalue weighted by Crippen LogP contribution is -2.44. The van der Waals surface area contributed by atoms with E-state index in [0.29, 0.717) is 5.56 Å². The Morgan fingerprint density at radius 2 is 1.92 bits per heavy atom. The molecule has 2 aromatic rings. The summed E-state index contributed by atoms with van der Waals surface area (Å²) in [5.74, 6) is 0.538. The zero-order chi connectivity index (χ0) is 17.2. The Labute approximate surface area is 145 Å². The molecule has 126 valence electrons. The molecule has 1 heterocycles. The van der Waals surface area contributed by atoms with Gasteiger partial charge in [0, 0.05) is 6.20 Å². The van der Waals surface area contributed by atoms with Crippen LogP contribution in [-0.4, -0.2) is 18.0 Å². The van der Waals surface area contributed by atoms with E-state index in [-0.39, 0.29) is 10.9 Å². The maximum absolute atomic E-state index is 12.6. The molecule has 1 aliphatic carbocycles. The molecular formula is C18H19ClN2O3. The van der Waals surface area contributed by atoms with Crippen molar-refractivity contribution >= 4 is 17.5 Å². The summed E-state index contributed by atoms with van der Waals surface area (Å²) in [6.07, 6.45) is 5.25. The number of methoxy groups -OCH3 is 1. The van der Waals surface area contributed by atoms with Crippen molar-refractivity contribution in [3.05, 3.63) is 63.0 Å². The minimum atomic E-state index is -0.404. The molecule has 1 aromatic carbocycles. The van der Waals surface area contributed by atoms with Crippen molar-refractivity contribution < 1.29 is 9.53 Å². The van der Waals surface area contributed by atoms with Gasteiger partial charge in [0.15, 0.2) is 0 Å². The number of H-pyrrole nitrogens is 1. The SMILES string of the molecule is COc1ccc(C2(NC(=O)c3c[nH]c(=O)c(Cl)c3)CCCC2)cc1. The number of halogens is 1. The lowest BCUT2D eigenvalue weighted by Gasteiger charge is -2.31. The summed E-state index contributed by atoms with van der Waals surface area (Å²) >= 11 is 5.82. The molecule has 1 fully saturated rings. The monoisotopic (exact) mass is 346 g/mol. The van der Waals surface area contributed by atoms with Crippen molar-refractivity contribution in [3.8, 4) is 5.75 Å². The summed E-state index contributed by atoms with van der Waals surface area (Å²) in [7, 11) is 1.63. The number of hydrogen-bond acceptors (Lipinski definition) is 3. The number of amides is 1. The number of benzene rings is 1. The van der Waals surface area contributed by atoms with Crippen LogP contribution in [0.1, 0.15) is 41.6 Å². The summed E-state index contributed by atoms with van der Waals surface area (Å²) in [4.78, 5) is 26.5. The number of carbonyl (C=O) groups excluding carboxylic acids is 1. The molecule has 1 aromatic heterocycles. The van der Waals surface area contributed by atoms with E-state index < -0.39 is 11.1 Å². The molecule has 24 heavy (non-hydrogen) atoms. The Morgan fingerprint density at radius 3 is 2.50 bits per heavy atom.